The molecule has 0 saturated heterocycles. The van der Waals surface area contributed by atoms with E-state index >= 15 is 0 Å². The fourth-order valence-electron chi connectivity index (χ4n) is 2.48. The van der Waals surface area contributed by atoms with Crippen molar-refractivity contribution in [1.29, 1.82) is 0 Å². The molecule has 1 aromatic carbocycles. The van der Waals surface area contributed by atoms with Gasteiger partial charge in [-0.3, -0.25) is 4.79 Å². The van der Waals surface area contributed by atoms with Gasteiger partial charge in [-0.15, -0.1) is 11.3 Å². The molecule has 0 radical (unpaired) electrons. The van der Waals surface area contributed by atoms with Gasteiger partial charge in [0, 0.05) is 6.42 Å². The molecule has 2 heterocycles. The highest BCUT2D eigenvalue weighted by molar-refractivity contribution is 7.18. The molecule has 2 atom stereocenters. The van der Waals surface area contributed by atoms with Gasteiger partial charge in [0.15, 0.2) is 0 Å². The number of thiophene rings is 1. The second-order valence-corrected chi connectivity index (χ2v) is 7.34. The smallest absolute Gasteiger partial charge is 0.387 e. The van der Waals surface area contributed by atoms with Crippen LogP contribution in [-0.2, 0) is 9.63 Å². The monoisotopic (exact) mass is 400 g/mol. The highest BCUT2D eigenvalue weighted by atomic mass is 35.5. The molecule has 5 nitrogen and oxygen atoms in total. The van der Waals surface area contributed by atoms with Crippen LogP contribution in [0.4, 0.5) is 8.78 Å². The van der Waals surface area contributed by atoms with Crippen LogP contribution in [0.2, 0.25) is 4.34 Å². The van der Waals surface area contributed by atoms with Crippen molar-refractivity contribution < 1.29 is 23.1 Å². The second kappa shape index (κ2) is 8.01. The third-order valence-electron chi connectivity index (χ3n) is 3.76. The maximum absolute atomic E-state index is 12.4. The minimum atomic E-state index is -2.90. The Hall–Kier alpha value is -2.19. The molecular formula is C17H15ClF2N2O3S. The summed E-state index contributed by atoms with van der Waals surface area (Å²) >= 11 is 7.27. The van der Waals surface area contributed by atoms with Crippen LogP contribution in [-0.4, -0.2) is 24.3 Å². The number of oxime groups is 1. The summed E-state index contributed by atoms with van der Waals surface area (Å²) in [6.45, 7) is -1.15. The van der Waals surface area contributed by atoms with Gasteiger partial charge >= 0.3 is 6.61 Å². The molecule has 0 bridgehead atoms. The van der Waals surface area contributed by atoms with Crippen LogP contribution in [0.15, 0.2) is 41.6 Å². The van der Waals surface area contributed by atoms with E-state index in [1.807, 2.05) is 6.07 Å². The zero-order valence-electron chi connectivity index (χ0n) is 13.6. The number of ether oxygens (including phenoxy) is 1. The lowest BCUT2D eigenvalue weighted by Gasteiger charge is -2.17. The molecule has 0 saturated carbocycles. The maximum atomic E-state index is 12.4. The minimum absolute atomic E-state index is 0.0379. The minimum Gasteiger partial charge on any atom is -0.435 e. The zero-order chi connectivity index (χ0) is 18.7. The van der Waals surface area contributed by atoms with E-state index < -0.39 is 18.8 Å². The molecule has 26 heavy (non-hydrogen) atoms. The summed E-state index contributed by atoms with van der Waals surface area (Å²) in [7, 11) is 0. The molecule has 1 amide bonds. The van der Waals surface area contributed by atoms with Gasteiger partial charge in [-0.2, -0.15) is 8.78 Å². The molecule has 1 aromatic heterocycles. The van der Waals surface area contributed by atoms with Gasteiger partial charge in [0.1, 0.15) is 11.5 Å². The summed E-state index contributed by atoms with van der Waals surface area (Å²) in [6.07, 6.45) is -0.405. The average molecular weight is 401 g/mol. The molecule has 138 valence electrons. The van der Waals surface area contributed by atoms with Crippen molar-refractivity contribution >= 4 is 34.6 Å². The summed E-state index contributed by atoms with van der Waals surface area (Å²) in [5, 5.41) is 6.75. The predicted molar refractivity (Wildman–Crippen MR) is 95.0 cm³/mol. The van der Waals surface area contributed by atoms with Gasteiger partial charge in [0.2, 0.25) is 6.10 Å². The van der Waals surface area contributed by atoms with Crippen molar-refractivity contribution in [1.82, 2.24) is 5.32 Å². The van der Waals surface area contributed by atoms with Gasteiger partial charge in [-0.05, 0) is 36.8 Å². The van der Waals surface area contributed by atoms with Crippen LogP contribution < -0.4 is 10.1 Å². The molecule has 1 aliphatic heterocycles. The highest BCUT2D eigenvalue weighted by Gasteiger charge is 2.30. The van der Waals surface area contributed by atoms with E-state index in [9.17, 15) is 13.6 Å². The fraction of sp³-hybridized carbons (Fsp3) is 0.294. The molecule has 9 heteroatoms. The van der Waals surface area contributed by atoms with E-state index in [-0.39, 0.29) is 11.7 Å². The van der Waals surface area contributed by atoms with Crippen molar-refractivity contribution in [3.8, 4) is 5.75 Å². The highest BCUT2D eigenvalue weighted by Crippen LogP contribution is 2.27. The molecule has 1 aliphatic rings. The molecule has 1 N–H and O–H groups in total. The summed E-state index contributed by atoms with van der Waals surface area (Å²) < 4.78 is 29.6. The van der Waals surface area contributed by atoms with Crippen molar-refractivity contribution in [3.63, 3.8) is 0 Å². The van der Waals surface area contributed by atoms with Gasteiger partial charge < -0.3 is 14.9 Å². The number of nitrogens with one attached hydrogen (secondary N) is 1. The Morgan fingerprint density at radius 1 is 1.42 bits per heavy atom. The topological polar surface area (TPSA) is 59.9 Å². The number of alkyl halides is 2. The first kappa shape index (κ1) is 18.6. The number of rotatable bonds is 6. The number of amides is 1. The Morgan fingerprint density at radius 3 is 2.92 bits per heavy atom. The molecule has 2 aromatic rings. The van der Waals surface area contributed by atoms with Crippen LogP contribution in [0.5, 0.6) is 5.75 Å². The normalized spacial score (nSPS) is 17.6. The quantitative estimate of drug-likeness (QED) is 0.783. The summed E-state index contributed by atoms with van der Waals surface area (Å²) in [4.78, 5) is 18.5. The standard InChI is InChI=1S/C17H15ClF2N2O3S/c1-9(10-3-2-4-11(7-10)24-17(19)20)21-16(23)13-8-12(22-25-13)14-5-6-15(18)26-14/h2-7,9,13,17H,8H2,1H3,(H,21,23)/t9-,13+/m1/s1. The number of halogens is 3. The predicted octanol–water partition coefficient (Wildman–Crippen LogP) is 4.37. The second-order valence-electron chi connectivity index (χ2n) is 5.62. The lowest BCUT2D eigenvalue weighted by molar-refractivity contribution is -0.131. The molecular weight excluding hydrogens is 386 g/mol. The number of benzene rings is 1. The van der Waals surface area contributed by atoms with Crippen molar-refractivity contribution in [2.75, 3.05) is 0 Å². The van der Waals surface area contributed by atoms with Gasteiger partial charge in [0.05, 0.1) is 15.3 Å². The number of carbonyl (C=O) groups excluding carboxylic acids is 1. The summed E-state index contributed by atoms with van der Waals surface area (Å²) in [5.41, 5.74) is 1.31. The Morgan fingerprint density at radius 2 is 2.23 bits per heavy atom. The lowest BCUT2D eigenvalue weighted by atomic mass is 10.1. The number of nitrogens with zero attached hydrogens (tertiary/aromatic N) is 1. The van der Waals surface area contributed by atoms with Crippen LogP contribution in [0.25, 0.3) is 0 Å². The first-order chi connectivity index (χ1) is 12.4. The van der Waals surface area contributed by atoms with Crippen molar-refractivity contribution in [3.05, 3.63) is 51.2 Å². The largest absolute Gasteiger partial charge is 0.435 e. The average Bonchev–Trinajstić information content (AvgIpc) is 3.23. The molecule has 0 aliphatic carbocycles. The Kier molecular flexibility index (Phi) is 5.73. The first-order valence-electron chi connectivity index (χ1n) is 7.76. The van der Waals surface area contributed by atoms with Gasteiger partial charge in [-0.25, -0.2) is 0 Å². The molecule has 0 fully saturated rings. The maximum Gasteiger partial charge on any atom is 0.387 e. The number of hydrogen-bond acceptors (Lipinski definition) is 5. The van der Waals surface area contributed by atoms with E-state index in [0.717, 1.165) is 4.88 Å². The zero-order valence-corrected chi connectivity index (χ0v) is 15.2. The van der Waals surface area contributed by atoms with E-state index in [0.29, 0.717) is 22.0 Å². The molecule has 0 spiro atoms. The molecule has 3 rings (SSSR count). The number of hydrogen-bond donors (Lipinski definition) is 1. The van der Waals surface area contributed by atoms with Crippen LogP contribution in [0, 0.1) is 0 Å². The van der Waals surface area contributed by atoms with Crippen molar-refractivity contribution in [2.45, 2.75) is 32.1 Å². The van der Waals surface area contributed by atoms with Gasteiger partial charge in [-0.1, -0.05) is 28.9 Å². The molecule has 0 unspecified atom stereocenters. The van der Waals surface area contributed by atoms with Crippen LogP contribution in [0.3, 0.4) is 0 Å². The van der Waals surface area contributed by atoms with E-state index in [1.165, 1.54) is 23.5 Å². The fourth-order valence-corrected chi connectivity index (χ4v) is 3.52. The van der Waals surface area contributed by atoms with Gasteiger partial charge in [0.25, 0.3) is 5.91 Å². The SMILES string of the molecule is C[C@@H](NC(=O)[C@@H]1CC(c2ccc(Cl)s2)=NO1)c1cccc(OC(F)F)c1. The Bertz CT molecular complexity index is 828. The van der Waals surface area contributed by atoms with Crippen molar-refractivity contribution in [2.24, 2.45) is 5.16 Å². The van der Waals surface area contributed by atoms with E-state index in [1.54, 1.807) is 25.1 Å². The summed E-state index contributed by atoms with van der Waals surface area (Å²) in [5.74, 6) is -0.296. The first-order valence-corrected chi connectivity index (χ1v) is 8.95. The summed E-state index contributed by atoms with van der Waals surface area (Å²) in [6, 6.07) is 9.37. The van der Waals surface area contributed by atoms with E-state index in [2.05, 4.69) is 15.2 Å². The van der Waals surface area contributed by atoms with Crippen LogP contribution in [0.1, 0.15) is 29.8 Å². The number of carbonyl (C=O) groups is 1. The Balaban J connectivity index is 1.58. The third kappa shape index (κ3) is 4.50. The third-order valence-corrected chi connectivity index (χ3v) is 5.04. The Labute approximate surface area is 157 Å². The van der Waals surface area contributed by atoms with E-state index in [4.69, 9.17) is 16.4 Å². The lowest BCUT2D eigenvalue weighted by Crippen LogP contribution is -2.36. The van der Waals surface area contributed by atoms with Crippen LogP contribution >= 0.6 is 22.9 Å².